The molecule has 1 heterocycles. The molecular formula is C20H39NO2. The first-order chi connectivity index (χ1) is 10.8. The number of carbonyl (C=O) groups is 1. The molecule has 0 N–H and O–H groups in total. The van der Waals surface area contributed by atoms with Crippen molar-refractivity contribution >= 4 is 5.97 Å². The summed E-state index contributed by atoms with van der Waals surface area (Å²) < 4.78 is 0. The van der Waals surface area contributed by atoms with Crippen molar-refractivity contribution < 1.29 is 9.63 Å². The highest BCUT2D eigenvalue weighted by molar-refractivity contribution is 5.69. The van der Waals surface area contributed by atoms with Gasteiger partial charge < -0.3 is 4.84 Å². The van der Waals surface area contributed by atoms with Crippen LogP contribution in [0.1, 0.15) is 112 Å². The van der Waals surface area contributed by atoms with Gasteiger partial charge in [-0.25, -0.2) is 0 Å². The van der Waals surface area contributed by atoms with Crippen LogP contribution in [-0.2, 0) is 9.63 Å². The Hall–Kier alpha value is -0.570. The molecule has 0 aliphatic carbocycles. The minimum atomic E-state index is -0.0588. The summed E-state index contributed by atoms with van der Waals surface area (Å²) in [4.78, 5) is 18.0. The highest BCUT2D eigenvalue weighted by atomic mass is 16.7. The third-order valence-electron chi connectivity index (χ3n) is 5.10. The molecule has 0 atom stereocenters. The summed E-state index contributed by atoms with van der Waals surface area (Å²) >= 11 is 0. The van der Waals surface area contributed by atoms with Crippen LogP contribution in [0.4, 0.5) is 0 Å². The molecule has 0 spiro atoms. The van der Waals surface area contributed by atoms with Crippen molar-refractivity contribution in [3.05, 3.63) is 0 Å². The predicted molar refractivity (Wildman–Crippen MR) is 97.2 cm³/mol. The maximum atomic E-state index is 12.2. The lowest BCUT2D eigenvalue weighted by Crippen LogP contribution is -2.58. The monoisotopic (exact) mass is 325 g/mol. The Kier molecular flexibility index (Phi) is 8.60. The van der Waals surface area contributed by atoms with Crippen molar-refractivity contribution in [1.29, 1.82) is 0 Å². The van der Waals surface area contributed by atoms with Gasteiger partial charge in [-0.15, -0.1) is 5.06 Å². The fourth-order valence-electron chi connectivity index (χ4n) is 3.77. The van der Waals surface area contributed by atoms with Crippen LogP contribution >= 0.6 is 0 Å². The SMILES string of the molecule is CCCCCCCCCCC(=O)ON1C(C)(C)CCCC1(C)C. The topological polar surface area (TPSA) is 29.5 Å². The van der Waals surface area contributed by atoms with Crippen molar-refractivity contribution in [2.24, 2.45) is 0 Å². The number of hydrogen-bond donors (Lipinski definition) is 0. The zero-order valence-corrected chi connectivity index (χ0v) is 16.2. The molecular weight excluding hydrogens is 286 g/mol. The summed E-state index contributed by atoms with van der Waals surface area (Å²) in [6.07, 6.45) is 13.9. The van der Waals surface area contributed by atoms with Crippen LogP contribution in [0.15, 0.2) is 0 Å². The highest BCUT2D eigenvalue weighted by Gasteiger charge is 2.44. The van der Waals surface area contributed by atoms with Gasteiger partial charge in [-0.1, -0.05) is 51.9 Å². The number of nitrogens with zero attached hydrogens (tertiary/aromatic N) is 1. The van der Waals surface area contributed by atoms with Crippen molar-refractivity contribution in [2.75, 3.05) is 0 Å². The normalized spacial score (nSPS) is 20.4. The second kappa shape index (κ2) is 9.66. The number of rotatable bonds is 10. The quantitative estimate of drug-likeness (QED) is 0.460. The summed E-state index contributed by atoms with van der Waals surface area (Å²) in [5, 5.41) is 1.97. The molecule has 1 aliphatic heterocycles. The summed E-state index contributed by atoms with van der Waals surface area (Å²) in [7, 11) is 0. The van der Waals surface area contributed by atoms with Gasteiger partial charge in [0, 0.05) is 6.42 Å². The zero-order chi connectivity index (χ0) is 17.3. The van der Waals surface area contributed by atoms with Crippen LogP contribution in [-0.4, -0.2) is 22.1 Å². The second-order valence-electron chi connectivity index (χ2n) is 8.46. The number of hydrogen-bond acceptors (Lipinski definition) is 3. The van der Waals surface area contributed by atoms with Gasteiger partial charge in [-0.2, -0.15) is 0 Å². The van der Waals surface area contributed by atoms with E-state index < -0.39 is 0 Å². The molecule has 0 aromatic rings. The molecule has 1 saturated heterocycles. The lowest BCUT2D eigenvalue weighted by molar-refractivity contribution is -0.265. The van der Waals surface area contributed by atoms with E-state index in [9.17, 15) is 4.79 Å². The van der Waals surface area contributed by atoms with E-state index in [1.165, 1.54) is 44.9 Å². The number of piperidine rings is 1. The van der Waals surface area contributed by atoms with Gasteiger partial charge in [0.1, 0.15) is 0 Å². The average molecular weight is 326 g/mol. The molecule has 0 amide bonds. The number of unbranched alkanes of at least 4 members (excludes halogenated alkanes) is 7. The molecule has 3 nitrogen and oxygen atoms in total. The molecule has 136 valence electrons. The maximum absolute atomic E-state index is 12.2. The van der Waals surface area contributed by atoms with Crippen LogP contribution in [0.3, 0.4) is 0 Å². The zero-order valence-electron chi connectivity index (χ0n) is 16.2. The molecule has 1 rings (SSSR count). The molecule has 0 unspecified atom stereocenters. The van der Waals surface area contributed by atoms with Gasteiger partial charge in [0.15, 0.2) is 0 Å². The Morgan fingerprint density at radius 3 is 1.87 bits per heavy atom. The van der Waals surface area contributed by atoms with Gasteiger partial charge in [-0.05, 0) is 53.4 Å². The minimum absolute atomic E-state index is 0.0565. The molecule has 1 aliphatic rings. The molecule has 0 radical (unpaired) electrons. The van der Waals surface area contributed by atoms with Crippen molar-refractivity contribution in [3.63, 3.8) is 0 Å². The number of carbonyl (C=O) groups excluding carboxylic acids is 1. The predicted octanol–water partition coefficient (Wildman–Crippen LogP) is 6.02. The smallest absolute Gasteiger partial charge is 0.325 e. The van der Waals surface area contributed by atoms with E-state index >= 15 is 0 Å². The lowest BCUT2D eigenvalue weighted by atomic mass is 9.82. The fourth-order valence-corrected chi connectivity index (χ4v) is 3.77. The molecule has 0 aromatic carbocycles. The van der Waals surface area contributed by atoms with Crippen LogP contribution in [0.5, 0.6) is 0 Å². The maximum Gasteiger partial charge on any atom is 0.325 e. The molecule has 0 aromatic heterocycles. The molecule has 3 heteroatoms. The van der Waals surface area contributed by atoms with E-state index in [4.69, 9.17) is 4.84 Å². The Bertz CT molecular complexity index is 334. The third kappa shape index (κ3) is 7.24. The highest BCUT2D eigenvalue weighted by Crippen LogP contribution is 2.38. The van der Waals surface area contributed by atoms with Crippen molar-refractivity contribution in [3.8, 4) is 0 Å². The van der Waals surface area contributed by atoms with Gasteiger partial charge in [0.25, 0.3) is 0 Å². The van der Waals surface area contributed by atoms with E-state index in [2.05, 4.69) is 34.6 Å². The van der Waals surface area contributed by atoms with Crippen LogP contribution in [0, 0.1) is 0 Å². The molecule has 1 fully saturated rings. The van der Waals surface area contributed by atoms with E-state index in [1.54, 1.807) is 0 Å². The van der Waals surface area contributed by atoms with Crippen LogP contribution in [0.25, 0.3) is 0 Å². The Morgan fingerprint density at radius 1 is 0.870 bits per heavy atom. The Morgan fingerprint density at radius 2 is 1.35 bits per heavy atom. The third-order valence-corrected chi connectivity index (χ3v) is 5.10. The molecule has 0 saturated carbocycles. The van der Waals surface area contributed by atoms with Gasteiger partial charge >= 0.3 is 5.97 Å². The Labute approximate surface area is 144 Å². The van der Waals surface area contributed by atoms with Gasteiger partial charge in [0.2, 0.25) is 0 Å². The van der Waals surface area contributed by atoms with Crippen molar-refractivity contribution in [1.82, 2.24) is 5.06 Å². The van der Waals surface area contributed by atoms with E-state index in [0.29, 0.717) is 6.42 Å². The summed E-state index contributed by atoms with van der Waals surface area (Å²) in [5.41, 5.74) is -0.118. The van der Waals surface area contributed by atoms with Crippen molar-refractivity contribution in [2.45, 2.75) is 123 Å². The lowest BCUT2D eigenvalue weighted by Gasteiger charge is -2.50. The minimum Gasteiger partial charge on any atom is -0.367 e. The average Bonchev–Trinajstić information content (AvgIpc) is 2.45. The van der Waals surface area contributed by atoms with E-state index in [0.717, 1.165) is 25.7 Å². The summed E-state index contributed by atoms with van der Waals surface area (Å²) in [6, 6.07) is 0. The van der Waals surface area contributed by atoms with E-state index in [1.807, 2.05) is 5.06 Å². The molecule has 0 bridgehead atoms. The fraction of sp³-hybridized carbons (Fsp3) is 0.950. The first kappa shape index (κ1) is 20.5. The van der Waals surface area contributed by atoms with Gasteiger partial charge in [-0.3, -0.25) is 4.79 Å². The summed E-state index contributed by atoms with van der Waals surface area (Å²) in [6.45, 7) is 11.0. The second-order valence-corrected chi connectivity index (χ2v) is 8.46. The molecule has 23 heavy (non-hydrogen) atoms. The first-order valence-electron chi connectivity index (χ1n) is 9.81. The van der Waals surface area contributed by atoms with Crippen LogP contribution in [0.2, 0.25) is 0 Å². The Balaban J connectivity index is 2.22. The van der Waals surface area contributed by atoms with E-state index in [-0.39, 0.29) is 17.0 Å². The standard InChI is InChI=1S/C20H39NO2/c1-6-7-8-9-10-11-12-13-15-18(22)23-21-19(2,3)16-14-17-20(21,4)5/h6-17H2,1-5H3. The first-order valence-corrected chi connectivity index (χ1v) is 9.81. The largest absolute Gasteiger partial charge is 0.367 e. The number of hydroxylamine groups is 2. The van der Waals surface area contributed by atoms with Gasteiger partial charge in [0.05, 0.1) is 11.1 Å². The summed E-state index contributed by atoms with van der Waals surface area (Å²) in [5.74, 6) is -0.0565. The van der Waals surface area contributed by atoms with Crippen LogP contribution < -0.4 is 0 Å².